The van der Waals surface area contributed by atoms with Crippen LogP contribution in [0, 0.1) is 5.92 Å². The normalized spacial score (nSPS) is 14.1. The Labute approximate surface area is 619 Å². The van der Waals surface area contributed by atoms with Crippen molar-refractivity contribution in [1.29, 1.82) is 0 Å². The van der Waals surface area contributed by atoms with Gasteiger partial charge >= 0.3 is 39.5 Å². The molecule has 600 valence electrons. The number of carbonyl (C=O) groups excluding carboxylic acids is 4. The van der Waals surface area contributed by atoms with E-state index in [0.717, 1.165) is 95.8 Å². The number of phosphoric ester groups is 2. The maximum Gasteiger partial charge on any atom is 0.472 e. The molecule has 0 aromatic carbocycles. The molecule has 0 aliphatic rings. The summed E-state index contributed by atoms with van der Waals surface area (Å²) in [5.74, 6) is -1.33. The highest BCUT2D eigenvalue weighted by atomic mass is 31.2. The van der Waals surface area contributed by atoms with Gasteiger partial charge in [-0.15, -0.1) is 0 Å². The highest BCUT2D eigenvalue weighted by Gasteiger charge is 2.30. The first-order chi connectivity index (χ1) is 49.1. The van der Waals surface area contributed by atoms with Gasteiger partial charge in [-0.25, -0.2) is 9.13 Å². The van der Waals surface area contributed by atoms with Gasteiger partial charge in [-0.2, -0.15) is 0 Å². The van der Waals surface area contributed by atoms with Gasteiger partial charge in [-0.3, -0.25) is 37.3 Å². The third kappa shape index (κ3) is 74.7. The van der Waals surface area contributed by atoms with Crippen molar-refractivity contribution in [3.05, 3.63) is 0 Å². The Kier molecular flexibility index (Phi) is 73.5. The van der Waals surface area contributed by atoms with Crippen molar-refractivity contribution in [3.63, 3.8) is 0 Å². The number of esters is 4. The van der Waals surface area contributed by atoms with Crippen molar-refractivity contribution in [2.45, 2.75) is 457 Å². The topological polar surface area (TPSA) is 237 Å². The molecular formula is C82H160O17P2. The molecule has 0 saturated heterocycles. The Bertz CT molecular complexity index is 1930. The molecule has 0 aromatic rings. The van der Waals surface area contributed by atoms with Gasteiger partial charge in [0.25, 0.3) is 0 Å². The SMILES string of the molecule is CCCCCCCCCCCCCCCCCCCCCCCCC(=O)O[C@H](COC(=O)CCCCCCCCCCCCCCCC)COP(=O)(O)OC[C@@H](O)COP(=O)(O)OC[C@@H](COC(=O)CCCCCCCCCCC(C)CC)OC(=O)CCCCCCCCCCCCCCC. The maximum atomic E-state index is 13.1. The summed E-state index contributed by atoms with van der Waals surface area (Å²) in [4.78, 5) is 73.1. The molecule has 101 heavy (non-hydrogen) atoms. The number of unbranched alkanes of at least 4 members (excludes halogenated alkanes) is 53. The predicted molar refractivity (Wildman–Crippen MR) is 414 cm³/mol. The van der Waals surface area contributed by atoms with Crippen molar-refractivity contribution in [1.82, 2.24) is 0 Å². The van der Waals surface area contributed by atoms with Crippen LogP contribution >= 0.6 is 15.6 Å². The van der Waals surface area contributed by atoms with E-state index in [9.17, 15) is 43.2 Å². The zero-order valence-corrected chi connectivity index (χ0v) is 67.8. The minimum absolute atomic E-state index is 0.108. The van der Waals surface area contributed by atoms with Crippen LogP contribution in [0.4, 0.5) is 0 Å². The molecule has 19 heteroatoms. The Balaban J connectivity index is 5.22. The third-order valence-corrected chi connectivity index (χ3v) is 21.5. The van der Waals surface area contributed by atoms with E-state index >= 15 is 0 Å². The van der Waals surface area contributed by atoms with Gasteiger partial charge < -0.3 is 33.8 Å². The predicted octanol–water partition coefficient (Wildman–Crippen LogP) is 24.8. The van der Waals surface area contributed by atoms with Crippen LogP contribution < -0.4 is 0 Å². The van der Waals surface area contributed by atoms with Crippen molar-refractivity contribution in [2.24, 2.45) is 5.92 Å². The third-order valence-electron chi connectivity index (χ3n) is 19.6. The largest absolute Gasteiger partial charge is 0.472 e. The number of rotatable bonds is 82. The van der Waals surface area contributed by atoms with Gasteiger partial charge in [-0.1, -0.05) is 388 Å². The molecule has 0 fully saturated rings. The molecular weight excluding hydrogens is 1320 g/mol. The van der Waals surface area contributed by atoms with E-state index in [2.05, 4.69) is 34.6 Å². The van der Waals surface area contributed by atoms with Crippen LogP contribution in [0.3, 0.4) is 0 Å². The second-order valence-corrected chi connectivity index (χ2v) is 32.7. The molecule has 0 spiro atoms. The number of carbonyl (C=O) groups is 4. The summed E-state index contributed by atoms with van der Waals surface area (Å²) in [5, 5.41) is 10.6. The fourth-order valence-electron chi connectivity index (χ4n) is 12.7. The zero-order chi connectivity index (χ0) is 74.1. The summed E-state index contributed by atoms with van der Waals surface area (Å²) in [6, 6.07) is 0. The first-order valence-corrected chi connectivity index (χ1v) is 45.7. The number of hydrogen-bond acceptors (Lipinski definition) is 15. The van der Waals surface area contributed by atoms with Crippen LogP contribution in [-0.4, -0.2) is 96.7 Å². The molecule has 0 aromatic heterocycles. The van der Waals surface area contributed by atoms with E-state index in [-0.39, 0.29) is 25.7 Å². The fourth-order valence-corrected chi connectivity index (χ4v) is 14.3. The lowest BCUT2D eigenvalue weighted by Crippen LogP contribution is -2.30. The summed E-state index contributed by atoms with van der Waals surface area (Å²) in [6.45, 7) is 7.34. The number of aliphatic hydroxyl groups excluding tert-OH is 1. The van der Waals surface area contributed by atoms with E-state index < -0.39 is 97.5 Å². The van der Waals surface area contributed by atoms with E-state index in [0.29, 0.717) is 25.7 Å². The van der Waals surface area contributed by atoms with Crippen LogP contribution in [0.5, 0.6) is 0 Å². The molecule has 0 heterocycles. The second-order valence-electron chi connectivity index (χ2n) is 29.8. The molecule has 0 rings (SSSR count). The molecule has 3 unspecified atom stereocenters. The molecule has 0 amide bonds. The lowest BCUT2D eigenvalue weighted by atomic mass is 9.99. The summed E-state index contributed by atoms with van der Waals surface area (Å²) in [7, 11) is -9.92. The van der Waals surface area contributed by atoms with E-state index in [4.69, 9.17) is 37.0 Å². The average Bonchev–Trinajstić information content (AvgIpc) is 0.989. The van der Waals surface area contributed by atoms with Crippen molar-refractivity contribution < 1.29 is 80.2 Å². The molecule has 17 nitrogen and oxygen atoms in total. The first kappa shape index (κ1) is 99.1. The van der Waals surface area contributed by atoms with Crippen LogP contribution in [-0.2, 0) is 65.4 Å². The number of phosphoric acid groups is 2. The summed E-state index contributed by atoms with van der Waals surface area (Å²) in [6.07, 6.45) is 66.6. The van der Waals surface area contributed by atoms with E-state index in [1.165, 1.54) is 263 Å². The molecule has 0 bridgehead atoms. The quantitative estimate of drug-likeness (QED) is 0.0222. The minimum atomic E-state index is -4.96. The molecule has 0 aliphatic heterocycles. The number of aliphatic hydroxyl groups is 1. The minimum Gasteiger partial charge on any atom is -0.462 e. The number of hydrogen-bond donors (Lipinski definition) is 3. The molecule has 6 atom stereocenters. The molecule has 0 aliphatic carbocycles. The maximum absolute atomic E-state index is 13.1. The Morgan fingerprint density at radius 2 is 0.475 bits per heavy atom. The monoisotopic (exact) mass is 1480 g/mol. The summed E-state index contributed by atoms with van der Waals surface area (Å²) >= 11 is 0. The number of ether oxygens (including phenoxy) is 4. The molecule has 0 saturated carbocycles. The highest BCUT2D eigenvalue weighted by molar-refractivity contribution is 7.47. The van der Waals surface area contributed by atoms with Crippen molar-refractivity contribution in [3.8, 4) is 0 Å². The molecule has 0 radical (unpaired) electrons. The Morgan fingerprint density at radius 3 is 0.703 bits per heavy atom. The summed E-state index contributed by atoms with van der Waals surface area (Å²) < 4.78 is 68.8. The average molecular weight is 1480 g/mol. The highest BCUT2D eigenvalue weighted by Crippen LogP contribution is 2.45. The van der Waals surface area contributed by atoms with Gasteiger partial charge in [0.05, 0.1) is 26.4 Å². The Hall–Kier alpha value is -1.94. The van der Waals surface area contributed by atoms with Crippen LogP contribution in [0.1, 0.15) is 439 Å². The van der Waals surface area contributed by atoms with Gasteiger partial charge in [-0.05, 0) is 31.6 Å². The van der Waals surface area contributed by atoms with Crippen LogP contribution in [0.25, 0.3) is 0 Å². The molecule has 3 N–H and O–H groups in total. The lowest BCUT2D eigenvalue weighted by Gasteiger charge is -2.21. The van der Waals surface area contributed by atoms with Crippen molar-refractivity contribution in [2.75, 3.05) is 39.6 Å². The van der Waals surface area contributed by atoms with Gasteiger partial charge in [0.2, 0.25) is 0 Å². The zero-order valence-electron chi connectivity index (χ0n) is 66.1. The van der Waals surface area contributed by atoms with E-state index in [1.807, 2.05) is 0 Å². The second kappa shape index (κ2) is 74.9. The smallest absolute Gasteiger partial charge is 0.462 e. The first-order valence-electron chi connectivity index (χ1n) is 42.7. The van der Waals surface area contributed by atoms with Crippen LogP contribution in [0.2, 0.25) is 0 Å². The lowest BCUT2D eigenvalue weighted by molar-refractivity contribution is -0.161. The fraction of sp³-hybridized carbons (Fsp3) is 0.951. The summed E-state index contributed by atoms with van der Waals surface area (Å²) in [5.41, 5.74) is 0. The standard InChI is InChI=1S/C82H160O17P2/c1-6-10-13-16-19-22-25-28-30-31-32-33-34-35-36-37-40-43-46-53-58-63-68-82(87)98-77(71-92-79(84)65-60-55-50-44-41-39-29-26-23-20-17-14-11-7-2)73-96-100(88,89)94-69-76(83)70-95-101(90,91)97-74-78(72-93-80(85)66-61-56-51-48-47-49-54-59-64-75(5)9-4)99-81(86)67-62-57-52-45-42-38-27-24-21-18-15-12-8-3/h75-78,83H,6-74H2,1-5H3,(H,88,89)(H,90,91)/t75?,76-,77-,78-/m1/s1. The van der Waals surface area contributed by atoms with Gasteiger partial charge in [0, 0.05) is 25.7 Å². The van der Waals surface area contributed by atoms with Gasteiger partial charge in [0.1, 0.15) is 19.3 Å². The Morgan fingerprint density at radius 1 is 0.277 bits per heavy atom. The van der Waals surface area contributed by atoms with E-state index in [1.54, 1.807) is 0 Å². The van der Waals surface area contributed by atoms with Crippen molar-refractivity contribution >= 4 is 39.5 Å². The van der Waals surface area contributed by atoms with Gasteiger partial charge in [0.15, 0.2) is 12.2 Å². The van der Waals surface area contributed by atoms with Crippen LogP contribution in [0.15, 0.2) is 0 Å².